The van der Waals surface area contributed by atoms with E-state index in [1.807, 2.05) is 0 Å². The number of aliphatic carboxylic acids is 1. The quantitative estimate of drug-likeness (QED) is 0.774. The maximum Gasteiger partial charge on any atom is 0.303 e. The number of aromatic nitrogens is 2. The first-order valence-electron chi connectivity index (χ1n) is 6.77. The molecular formula is C13H19N3O4. The van der Waals surface area contributed by atoms with Gasteiger partial charge in [0.05, 0.1) is 6.42 Å². The van der Waals surface area contributed by atoms with Crippen molar-refractivity contribution in [3.63, 3.8) is 0 Å². The van der Waals surface area contributed by atoms with Crippen LogP contribution in [0.1, 0.15) is 43.8 Å². The van der Waals surface area contributed by atoms with Crippen LogP contribution in [0.4, 0.5) is 0 Å². The van der Waals surface area contributed by atoms with E-state index in [2.05, 4.69) is 15.5 Å². The zero-order valence-corrected chi connectivity index (χ0v) is 11.5. The Bertz CT molecular complexity index is 494. The van der Waals surface area contributed by atoms with Gasteiger partial charge in [-0.2, -0.15) is 4.98 Å². The van der Waals surface area contributed by atoms with Crippen LogP contribution in [0.2, 0.25) is 0 Å². The number of hydrogen-bond acceptors (Lipinski definition) is 5. The van der Waals surface area contributed by atoms with E-state index in [0.29, 0.717) is 24.7 Å². The SMILES string of the molecule is Cc1noc(CCC(=O)NCC2(CC(=O)O)CCC2)n1. The summed E-state index contributed by atoms with van der Waals surface area (Å²) in [4.78, 5) is 26.6. The molecule has 0 atom stereocenters. The van der Waals surface area contributed by atoms with E-state index in [9.17, 15) is 9.59 Å². The second-order valence-electron chi connectivity index (χ2n) is 5.44. The minimum atomic E-state index is -0.805. The number of carbonyl (C=O) groups excluding carboxylic acids is 1. The number of aryl methyl sites for hydroxylation is 2. The Balaban J connectivity index is 1.73. The highest BCUT2D eigenvalue weighted by Gasteiger charge is 2.39. The smallest absolute Gasteiger partial charge is 0.303 e. The number of nitrogens with one attached hydrogen (secondary N) is 1. The van der Waals surface area contributed by atoms with Crippen molar-refractivity contribution in [2.45, 2.75) is 45.4 Å². The van der Waals surface area contributed by atoms with E-state index in [0.717, 1.165) is 19.3 Å². The zero-order chi connectivity index (χ0) is 14.6. The second kappa shape index (κ2) is 6.02. The van der Waals surface area contributed by atoms with Crippen molar-refractivity contribution in [1.29, 1.82) is 0 Å². The molecule has 7 heteroatoms. The fourth-order valence-electron chi connectivity index (χ4n) is 2.45. The lowest BCUT2D eigenvalue weighted by atomic mass is 9.66. The Morgan fingerprint density at radius 1 is 1.45 bits per heavy atom. The fourth-order valence-corrected chi connectivity index (χ4v) is 2.45. The van der Waals surface area contributed by atoms with Gasteiger partial charge in [0.25, 0.3) is 0 Å². The van der Waals surface area contributed by atoms with Crippen LogP contribution in [0.25, 0.3) is 0 Å². The van der Waals surface area contributed by atoms with E-state index in [4.69, 9.17) is 9.63 Å². The molecule has 2 rings (SSSR count). The molecule has 1 aromatic heterocycles. The fraction of sp³-hybridized carbons (Fsp3) is 0.692. The highest BCUT2D eigenvalue weighted by molar-refractivity contribution is 5.76. The molecule has 2 N–H and O–H groups in total. The molecule has 1 fully saturated rings. The molecule has 110 valence electrons. The van der Waals surface area contributed by atoms with Crippen LogP contribution in [0.3, 0.4) is 0 Å². The Kier molecular flexibility index (Phi) is 4.36. The van der Waals surface area contributed by atoms with E-state index in [-0.39, 0.29) is 24.2 Å². The molecule has 0 spiro atoms. The number of carboxylic acids is 1. The summed E-state index contributed by atoms with van der Waals surface area (Å²) in [6.45, 7) is 2.15. The van der Waals surface area contributed by atoms with Crippen molar-refractivity contribution in [3.05, 3.63) is 11.7 Å². The van der Waals surface area contributed by atoms with Gasteiger partial charge in [0.1, 0.15) is 0 Å². The van der Waals surface area contributed by atoms with Gasteiger partial charge in [-0.05, 0) is 25.2 Å². The molecule has 0 bridgehead atoms. The largest absolute Gasteiger partial charge is 0.481 e. The molecule has 1 heterocycles. The minimum absolute atomic E-state index is 0.113. The van der Waals surface area contributed by atoms with Crippen LogP contribution in [-0.2, 0) is 16.0 Å². The highest BCUT2D eigenvalue weighted by atomic mass is 16.5. The minimum Gasteiger partial charge on any atom is -0.481 e. The summed E-state index contributed by atoms with van der Waals surface area (Å²) in [5.41, 5.74) is -0.247. The summed E-state index contributed by atoms with van der Waals surface area (Å²) in [6, 6.07) is 0. The second-order valence-corrected chi connectivity index (χ2v) is 5.44. The topological polar surface area (TPSA) is 105 Å². The number of carboxylic acid groups (broad SMARTS) is 1. The van der Waals surface area contributed by atoms with Crippen LogP contribution < -0.4 is 5.32 Å². The molecule has 0 saturated heterocycles. The molecule has 20 heavy (non-hydrogen) atoms. The summed E-state index contributed by atoms with van der Waals surface area (Å²) >= 11 is 0. The van der Waals surface area contributed by atoms with Gasteiger partial charge in [-0.1, -0.05) is 11.6 Å². The molecule has 0 radical (unpaired) electrons. The third kappa shape index (κ3) is 3.79. The molecule has 7 nitrogen and oxygen atoms in total. The molecule has 1 saturated carbocycles. The first kappa shape index (κ1) is 14.5. The Morgan fingerprint density at radius 2 is 2.20 bits per heavy atom. The number of rotatable bonds is 7. The molecule has 1 amide bonds. The third-order valence-electron chi connectivity index (χ3n) is 3.74. The van der Waals surface area contributed by atoms with Crippen LogP contribution in [0.5, 0.6) is 0 Å². The molecule has 0 unspecified atom stereocenters. The van der Waals surface area contributed by atoms with Gasteiger partial charge in [0.2, 0.25) is 11.8 Å². The van der Waals surface area contributed by atoms with E-state index < -0.39 is 5.97 Å². The van der Waals surface area contributed by atoms with Crippen molar-refractivity contribution in [3.8, 4) is 0 Å². The average molecular weight is 281 g/mol. The van der Waals surface area contributed by atoms with Gasteiger partial charge in [-0.15, -0.1) is 0 Å². The zero-order valence-electron chi connectivity index (χ0n) is 11.5. The lowest BCUT2D eigenvalue weighted by molar-refractivity contribution is -0.141. The Morgan fingerprint density at radius 3 is 2.70 bits per heavy atom. The van der Waals surface area contributed by atoms with Crippen molar-refractivity contribution < 1.29 is 19.2 Å². The Hall–Kier alpha value is -1.92. The van der Waals surface area contributed by atoms with Gasteiger partial charge in [-0.25, -0.2) is 0 Å². The van der Waals surface area contributed by atoms with Gasteiger partial charge in [0, 0.05) is 19.4 Å². The van der Waals surface area contributed by atoms with Crippen molar-refractivity contribution >= 4 is 11.9 Å². The van der Waals surface area contributed by atoms with Gasteiger partial charge >= 0.3 is 5.97 Å². The van der Waals surface area contributed by atoms with Gasteiger partial charge in [-0.3, -0.25) is 9.59 Å². The van der Waals surface area contributed by atoms with E-state index in [1.54, 1.807) is 6.92 Å². The highest BCUT2D eigenvalue weighted by Crippen LogP contribution is 2.43. The first-order chi connectivity index (χ1) is 9.49. The molecule has 0 aromatic carbocycles. The van der Waals surface area contributed by atoms with Gasteiger partial charge in [0.15, 0.2) is 5.82 Å². The maximum absolute atomic E-state index is 11.7. The van der Waals surface area contributed by atoms with Crippen LogP contribution >= 0.6 is 0 Å². The van der Waals surface area contributed by atoms with Crippen LogP contribution in [0, 0.1) is 12.3 Å². The number of amides is 1. The number of carbonyl (C=O) groups is 2. The predicted molar refractivity (Wildman–Crippen MR) is 68.9 cm³/mol. The molecule has 1 aromatic rings. The van der Waals surface area contributed by atoms with Crippen LogP contribution in [0.15, 0.2) is 4.52 Å². The van der Waals surface area contributed by atoms with E-state index in [1.165, 1.54) is 0 Å². The Labute approximate surface area is 116 Å². The summed E-state index contributed by atoms with van der Waals surface area (Å²) in [6.07, 6.45) is 3.55. The molecule has 1 aliphatic rings. The number of hydrogen-bond donors (Lipinski definition) is 2. The normalized spacial score (nSPS) is 16.4. The standard InChI is InChI=1S/C13H19N3O4/c1-9-15-11(20-16-9)4-3-10(17)14-8-13(5-2-6-13)7-12(18)19/h2-8H2,1H3,(H,14,17)(H,18,19). The van der Waals surface area contributed by atoms with Crippen LogP contribution in [-0.4, -0.2) is 33.7 Å². The van der Waals surface area contributed by atoms with Gasteiger partial charge < -0.3 is 14.9 Å². The maximum atomic E-state index is 11.7. The summed E-state index contributed by atoms with van der Waals surface area (Å²) < 4.78 is 4.93. The van der Waals surface area contributed by atoms with Crippen molar-refractivity contribution in [1.82, 2.24) is 15.5 Å². The molecular weight excluding hydrogens is 262 g/mol. The predicted octanol–water partition coefficient (Wildman–Crippen LogP) is 1.07. The monoisotopic (exact) mass is 281 g/mol. The van der Waals surface area contributed by atoms with Crippen molar-refractivity contribution in [2.75, 3.05) is 6.54 Å². The van der Waals surface area contributed by atoms with E-state index >= 15 is 0 Å². The summed E-state index contributed by atoms with van der Waals surface area (Å²) in [5.74, 6) is 0.0784. The lowest BCUT2D eigenvalue weighted by Crippen LogP contribution is -2.43. The lowest BCUT2D eigenvalue weighted by Gasteiger charge is -2.40. The summed E-state index contributed by atoms with van der Waals surface area (Å²) in [5, 5.41) is 15.4. The average Bonchev–Trinajstić information content (AvgIpc) is 2.75. The first-order valence-corrected chi connectivity index (χ1v) is 6.77. The molecule has 1 aliphatic carbocycles. The van der Waals surface area contributed by atoms with Crippen molar-refractivity contribution in [2.24, 2.45) is 5.41 Å². The number of nitrogens with zero attached hydrogens (tertiary/aromatic N) is 2. The third-order valence-corrected chi connectivity index (χ3v) is 3.74. The summed E-state index contributed by atoms with van der Waals surface area (Å²) in [7, 11) is 0. The molecule has 0 aliphatic heterocycles.